The van der Waals surface area contributed by atoms with Crippen molar-refractivity contribution in [2.24, 2.45) is 0 Å². The van der Waals surface area contributed by atoms with Crippen LogP contribution in [-0.4, -0.2) is 63.6 Å². The van der Waals surface area contributed by atoms with Crippen molar-refractivity contribution in [3.8, 4) is 11.5 Å². The van der Waals surface area contributed by atoms with Gasteiger partial charge in [0, 0.05) is 32.7 Å². The first-order valence-corrected chi connectivity index (χ1v) is 19.3. The molecule has 0 saturated carbocycles. The standard InChI is InChI=1S/C35H40BrNO7S3/c1-20(2)8-15-29(24-18-28(40)31-26(38)13-14-27(39)32(31)33(24)42)46-19-25(34(43)44-3)37-30(41)7-5-4-6-23-16-17-45-35(47-23)21-9-11-22(36)12-10-21/h8-14,18,23,25,29,35,40,42H,4-7,15-17,19H2,1-3H3,(H,37,41)/t23-,25+,29-,35?/m1/s1. The van der Waals surface area contributed by atoms with Crippen molar-refractivity contribution in [3.05, 3.63) is 80.9 Å². The van der Waals surface area contributed by atoms with Gasteiger partial charge < -0.3 is 20.3 Å². The van der Waals surface area contributed by atoms with Crippen LogP contribution in [-0.2, 0) is 14.3 Å². The number of aromatic hydroxyl groups is 2. The number of methoxy groups -OCH3 is 1. The summed E-state index contributed by atoms with van der Waals surface area (Å²) in [7, 11) is 1.26. The largest absolute Gasteiger partial charge is 0.507 e. The molecule has 0 spiro atoms. The summed E-state index contributed by atoms with van der Waals surface area (Å²) >= 11 is 8.75. The van der Waals surface area contributed by atoms with Gasteiger partial charge in [-0.05, 0) is 81.2 Å². The highest BCUT2D eigenvalue weighted by molar-refractivity contribution is 9.10. The van der Waals surface area contributed by atoms with Gasteiger partial charge in [0.1, 0.15) is 17.5 Å². The number of fused-ring (bicyclic) bond motifs is 1. The summed E-state index contributed by atoms with van der Waals surface area (Å²) in [6.07, 6.45) is 8.53. The number of esters is 1. The van der Waals surface area contributed by atoms with Crippen LogP contribution >= 0.6 is 51.2 Å². The van der Waals surface area contributed by atoms with E-state index >= 15 is 0 Å². The number of ketones is 2. The summed E-state index contributed by atoms with van der Waals surface area (Å²) in [5.41, 5.74) is 2.13. The Labute approximate surface area is 297 Å². The fourth-order valence-corrected chi connectivity index (χ4v) is 10.3. The van der Waals surface area contributed by atoms with Gasteiger partial charge in [-0.25, -0.2) is 4.79 Å². The van der Waals surface area contributed by atoms with Crippen molar-refractivity contribution >= 4 is 74.7 Å². The summed E-state index contributed by atoms with van der Waals surface area (Å²) in [6.45, 7) is 3.84. The monoisotopic (exact) mass is 761 g/mol. The third-order valence-electron chi connectivity index (χ3n) is 7.91. The Kier molecular flexibility index (Phi) is 13.9. The Morgan fingerprint density at radius 3 is 2.49 bits per heavy atom. The lowest BCUT2D eigenvalue weighted by Gasteiger charge is -2.28. The minimum absolute atomic E-state index is 0.123. The number of halogens is 1. The number of carbonyl (C=O) groups is 4. The van der Waals surface area contributed by atoms with Crippen molar-refractivity contribution in [2.75, 3.05) is 18.6 Å². The van der Waals surface area contributed by atoms with Crippen LogP contribution in [0.1, 0.15) is 94.0 Å². The minimum atomic E-state index is -0.941. The molecule has 2 aromatic carbocycles. The molecule has 2 aromatic rings. The highest BCUT2D eigenvalue weighted by atomic mass is 79.9. The molecule has 1 saturated heterocycles. The first-order chi connectivity index (χ1) is 22.5. The van der Waals surface area contributed by atoms with E-state index < -0.39 is 34.6 Å². The average molecular weight is 763 g/mol. The molecule has 3 N–H and O–H groups in total. The molecule has 1 unspecified atom stereocenters. The van der Waals surface area contributed by atoms with E-state index in [1.165, 1.54) is 30.5 Å². The number of phenols is 2. The van der Waals surface area contributed by atoms with Crippen LogP contribution in [0.5, 0.6) is 11.5 Å². The van der Waals surface area contributed by atoms with E-state index in [0.717, 1.165) is 47.2 Å². The summed E-state index contributed by atoms with van der Waals surface area (Å²) < 4.78 is 6.47. The maximum absolute atomic E-state index is 12.9. The molecule has 4 rings (SSSR count). The van der Waals surface area contributed by atoms with Crippen LogP contribution in [0, 0.1) is 0 Å². The second-order valence-electron chi connectivity index (χ2n) is 11.7. The average Bonchev–Trinajstić information content (AvgIpc) is 3.05. The van der Waals surface area contributed by atoms with Crippen LogP contribution in [0.4, 0.5) is 0 Å². The predicted octanol–water partition coefficient (Wildman–Crippen LogP) is 8.08. The number of thioether (sulfide) groups is 3. The normalized spacial score (nSPS) is 18.6. The molecule has 4 atom stereocenters. The fourth-order valence-electron chi connectivity index (χ4n) is 5.40. The number of phenolic OH excluding ortho intramolecular Hbond substituents is 2. The Bertz CT molecular complexity index is 1540. The fraction of sp³-hybridized carbons (Fsp3) is 0.429. The lowest BCUT2D eigenvalue weighted by molar-refractivity contribution is -0.144. The van der Waals surface area contributed by atoms with Crippen LogP contribution in [0.25, 0.3) is 0 Å². The van der Waals surface area contributed by atoms with E-state index in [-0.39, 0.29) is 40.5 Å². The number of unbranched alkanes of at least 4 members (excludes halogenated alkanes) is 1. The number of amides is 1. The van der Waals surface area contributed by atoms with Crippen LogP contribution < -0.4 is 5.32 Å². The van der Waals surface area contributed by atoms with Gasteiger partial charge in [-0.2, -0.15) is 11.8 Å². The number of rotatable bonds is 14. The lowest BCUT2D eigenvalue weighted by atomic mass is 9.89. The van der Waals surface area contributed by atoms with Gasteiger partial charge in [0.15, 0.2) is 11.6 Å². The first kappa shape index (κ1) is 37.2. The van der Waals surface area contributed by atoms with E-state index in [4.69, 9.17) is 4.74 Å². The molecule has 252 valence electrons. The smallest absolute Gasteiger partial charge is 0.329 e. The number of hydrogen-bond acceptors (Lipinski definition) is 10. The zero-order valence-electron chi connectivity index (χ0n) is 26.6. The van der Waals surface area contributed by atoms with Crippen molar-refractivity contribution in [2.45, 2.75) is 73.5 Å². The number of hydrogen-bond donors (Lipinski definition) is 3. The van der Waals surface area contributed by atoms with Crippen molar-refractivity contribution < 1.29 is 34.1 Å². The quantitative estimate of drug-likeness (QED) is 0.0752. The molecule has 0 bridgehead atoms. The molecule has 1 heterocycles. The minimum Gasteiger partial charge on any atom is -0.507 e. The van der Waals surface area contributed by atoms with Crippen LogP contribution in [0.3, 0.4) is 0 Å². The molecule has 1 fully saturated rings. The van der Waals surface area contributed by atoms with Gasteiger partial charge in [0.05, 0.1) is 22.8 Å². The second-order valence-corrected chi connectivity index (χ2v) is 16.7. The molecule has 0 aromatic heterocycles. The van der Waals surface area contributed by atoms with Crippen molar-refractivity contribution in [3.63, 3.8) is 0 Å². The summed E-state index contributed by atoms with van der Waals surface area (Å²) in [6, 6.07) is 8.85. The maximum Gasteiger partial charge on any atom is 0.329 e. The van der Waals surface area contributed by atoms with Gasteiger partial charge in [0.25, 0.3) is 0 Å². The van der Waals surface area contributed by atoms with E-state index in [1.807, 2.05) is 43.4 Å². The molecule has 1 aliphatic heterocycles. The SMILES string of the molecule is COC(=O)[C@H](CS[C@H](CC=C(C)C)c1cc(O)c2c(c1O)C(=O)C=CC2=O)NC(=O)CCCC[C@@H]1CCSC(c2ccc(Br)cc2)S1. The Morgan fingerprint density at radius 2 is 1.81 bits per heavy atom. The van der Waals surface area contributed by atoms with Gasteiger partial charge >= 0.3 is 5.97 Å². The van der Waals surface area contributed by atoms with Gasteiger partial charge in [0.2, 0.25) is 5.91 Å². The van der Waals surface area contributed by atoms with E-state index in [1.54, 1.807) is 0 Å². The maximum atomic E-state index is 12.9. The molecule has 47 heavy (non-hydrogen) atoms. The zero-order chi connectivity index (χ0) is 34.1. The highest BCUT2D eigenvalue weighted by Gasteiger charge is 2.32. The third-order valence-corrected chi connectivity index (χ3v) is 13.0. The number of ether oxygens (including phenoxy) is 1. The lowest BCUT2D eigenvalue weighted by Crippen LogP contribution is -2.43. The first-order valence-electron chi connectivity index (χ1n) is 15.5. The number of carbonyl (C=O) groups excluding carboxylic acids is 4. The Morgan fingerprint density at radius 1 is 1.11 bits per heavy atom. The molecule has 1 aliphatic carbocycles. The van der Waals surface area contributed by atoms with Gasteiger partial charge in [-0.15, -0.1) is 23.5 Å². The molecule has 12 heteroatoms. The molecular formula is C35H40BrNO7S3. The summed E-state index contributed by atoms with van der Waals surface area (Å²) in [4.78, 5) is 50.6. The van der Waals surface area contributed by atoms with Gasteiger partial charge in [-0.3, -0.25) is 14.4 Å². The topological polar surface area (TPSA) is 130 Å². The summed E-state index contributed by atoms with van der Waals surface area (Å²) in [5, 5.41) is 24.7. The Balaban J connectivity index is 1.35. The molecule has 2 aliphatic rings. The van der Waals surface area contributed by atoms with Crippen molar-refractivity contribution in [1.82, 2.24) is 5.32 Å². The molecule has 8 nitrogen and oxygen atoms in total. The van der Waals surface area contributed by atoms with Gasteiger partial charge in [-0.1, -0.05) is 46.1 Å². The van der Waals surface area contributed by atoms with Crippen molar-refractivity contribution in [1.29, 1.82) is 0 Å². The number of nitrogens with one attached hydrogen (secondary N) is 1. The summed E-state index contributed by atoms with van der Waals surface area (Å²) in [5.74, 6) is -1.52. The highest BCUT2D eigenvalue weighted by Crippen LogP contribution is 2.48. The van der Waals surface area contributed by atoms with Crippen LogP contribution in [0.2, 0.25) is 0 Å². The molecular weight excluding hydrogens is 722 g/mol. The van der Waals surface area contributed by atoms with E-state index in [2.05, 4.69) is 45.5 Å². The second kappa shape index (κ2) is 17.6. The zero-order valence-corrected chi connectivity index (χ0v) is 30.7. The molecule has 1 amide bonds. The molecule has 0 radical (unpaired) electrons. The third kappa shape index (κ3) is 10.2. The predicted molar refractivity (Wildman–Crippen MR) is 195 cm³/mol. The van der Waals surface area contributed by atoms with E-state index in [9.17, 15) is 29.4 Å². The van der Waals surface area contributed by atoms with E-state index in [0.29, 0.717) is 22.7 Å². The number of benzene rings is 2. The number of allylic oxidation sites excluding steroid dienone is 4. The Hall–Kier alpha value is -2.67. The van der Waals surface area contributed by atoms with Crippen LogP contribution in [0.15, 0.2) is 58.6 Å².